The standard InChI is InChI=1S/C13H13FN2O/c1-2-6-15-13(17)16-8-11(9-16)10-4-3-5-12(14)7-10/h1,3-5,7,11H,6,8-9H2,(H,15,17). The summed E-state index contributed by atoms with van der Waals surface area (Å²) in [6.45, 7) is 1.46. The molecule has 3 nitrogen and oxygen atoms in total. The fraction of sp³-hybridized carbons (Fsp3) is 0.308. The van der Waals surface area contributed by atoms with E-state index < -0.39 is 0 Å². The molecule has 0 aliphatic carbocycles. The van der Waals surface area contributed by atoms with Crippen molar-refractivity contribution in [1.29, 1.82) is 0 Å². The van der Waals surface area contributed by atoms with Crippen LogP contribution < -0.4 is 5.32 Å². The van der Waals surface area contributed by atoms with Crippen molar-refractivity contribution in [2.75, 3.05) is 19.6 Å². The van der Waals surface area contributed by atoms with E-state index in [0.29, 0.717) is 13.1 Å². The van der Waals surface area contributed by atoms with Crippen LogP contribution in [0.3, 0.4) is 0 Å². The molecule has 0 bridgehead atoms. The van der Waals surface area contributed by atoms with Crippen LogP contribution in [0.25, 0.3) is 0 Å². The minimum Gasteiger partial charge on any atom is -0.327 e. The number of carbonyl (C=O) groups is 1. The number of benzene rings is 1. The summed E-state index contributed by atoms with van der Waals surface area (Å²) in [6, 6.07) is 6.34. The molecule has 1 saturated heterocycles. The van der Waals surface area contributed by atoms with Crippen molar-refractivity contribution in [1.82, 2.24) is 10.2 Å². The number of hydrogen-bond acceptors (Lipinski definition) is 1. The summed E-state index contributed by atoms with van der Waals surface area (Å²) in [4.78, 5) is 13.1. The van der Waals surface area contributed by atoms with Crippen molar-refractivity contribution >= 4 is 6.03 Å². The van der Waals surface area contributed by atoms with Crippen LogP contribution in [0, 0.1) is 18.2 Å². The van der Waals surface area contributed by atoms with Gasteiger partial charge >= 0.3 is 6.03 Å². The summed E-state index contributed by atoms with van der Waals surface area (Å²) < 4.78 is 13.0. The molecule has 2 amide bonds. The summed E-state index contributed by atoms with van der Waals surface area (Å²) in [5.74, 6) is 2.33. The highest BCUT2D eigenvalue weighted by Gasteiger charge is 2.31. The van der Waals surface area contributed by atoms with Crippen molar-refractivity contribution in [3.05, 3.63) is 35.6 Å². The molecule has 0 radical (unpaired) electrons. The van der Waals surface area contributed by atoms with Crippen LogP contribution in [0.1, 0.15) is 11.5 Å². The van der Waals surface area contributed by atoms with E-state index in [1.807, 2.05) is 6.07 Å². The maximum Gasteiger partial charge on any atom is 0.318 e. The zero-order chi connectivity index (χ0) is 12.3. The number of terminal acetylenes is 1. The Morgan fingerprint density at radius 3 is 3.00 bits per heavy atom. The van der Waals surface area contributed by atoms with E-state index in [0.717, 1.165) is 5.56 Å². The van der Waals surface area contributed by atoms with E-state index in [9.17, 15) is 9.18 Å². The number of nitrogens with zero attached hydrogens (tertiary/aromatic N) is 1. The molecule has 0 spiro atoms. The van der Waals surface area contributed by atoms with Crippen molar-refractivity contribution in [2.45, 2.75) is 5.92 Å². The lowest BCUT2D eigenvalue weighted by Gasteiger charge is -2.39. The van der Waals surface area contributed by atoms with Gasteiger partial charge in [-0.05, 0) is 17.7 Å². The maximum atomic E-state index is 13.0. The predicted molar refractivity (Wildman–Crippen MR) is 62.9 cm³/mol. The van der Waals surface area contributed by atoms with Gasteiger partial charge in [-0.3, -0.25) is 0 Å². The third kappa shape index (κ3) is 2.56. The van der Waals surface area contributed by atoms with Crippen LogP contribution in [-0.4, -0.2) is 30.6 Å². The maximum absolute atomic E-state index is 13.0. The highest BCUT2D eigenvalue weighted by molar-refractivity contribution is 5.75. The Morgan fingerprint density at radius 2 is 2.35 bits per heavy atom. The first-order chi connectivity index (χ1) is 8.20. The lowest BCUT2D eigenvalue weighted by atomic mass is 9.92. The van der Waals surface area contributed by atoms with E-state index >= 15 is 0 Å². The van der Waals surface area contributed by atoms with E-state index in [1.165, 1.54) is 12.1 Å². The van der Waals surface area contributed by atoms with Crippen molar-refractivity contribution in [3.63, 3.8) is 0 Å². The second kappa shape index (κ2) is 4.88. The Morgan fingerprint density at radius 1 is 1.59 bits per heavy atom. The highest BCUT2D eigenvalue weighted by Crippen LogP contribution is 2.27. The van der Waals surface area contributed by atoms with E-state index in [4.69, 9.17) is 6.42 Å². The first kappa shape index (κ1) is 11.5. The fourth-order valence-electron chi connectivity index (χ4n) is 1.85. The van der Waals surface area contributed by atoms with Crippen LogP contribution in [0.4, 0.5) is 9.18 Å². The van der Waals surface area contributed by atoms with E-state index in [-0.39, 0.29) is 24.3 Å². The lowest BCUT2D eigenvalue weighted by molar-refractivity contribution is 0.152. The number of urea groups is 1. The van der Waals surface area contributed by atoms with E-state index in [2.05, 4.69) is 11.2 Å². The van der Waals surface area contributed by atoms with Gasteiger partial charge in [0.2, 0.25) is 0 Å². The second-order valence-electron chi connectivity index (χ2n) is 4.02. The van der Waals surface area contributed by atoms with Crippen LogP contribution >= 0.6 is 0 Å². The van der Waals surface area contributed by atoms with Gasteiger partial charge in [-0.25, -0.2) is 9.18 Å². The molecule has 0 atom stereocenters. The van der Waals surface area contributed by atoms with Crippen LogP contribution in [0.15, 0.2) is 24.3 Å². The monoisotopic (exact) mass is 232 g/mol. The molecule has 2 rings (SSSR count). The number of likely N-dealkylation sites (tertiary alicyclic amines) is 1. The highest BCUT2D eigenvalue weighted by atomic mass is 19.1. The summed E-state index contributed by atoms with van der Waals surface area (Å²) >= 11 is 0. The van der Waals surface area contributed by atoms with Gasteiger partial charge in [-0.1, -0.05) is 18.1 Å². The number of carbonyl (C=O) groups excluding carboxylic acids is 1. The molecule has 0 unspecified atom stereocenters. The summed E-state index contributed by atoms with van der Waals surface area (Å²) in [5, 5.41) is 2.59. The molecule has 1 aliphatic rings. The van der Waals surface area contributed by atoms with Crippen LogP contribution in [0.5, 0.6) is 0 Å². The number of amides is 2. The van der Waals surface area contributed by atoms with Crippen molar-refractivity contribution < 1.29 is 9.18 Å². The molecular formula is C13H13FN2O. The molecule has 1 aliphatic heterocycles. The third-order valence-electron chi connectivity index (χ3n) is 2.83. The van der Waals surface area contributed by atoms with Gasteiger partial charge in [-0.2, -0.15) is 0 Å². The van der Waals surface area contributed by atoms with Crippen LogP contribution in [-0.2, 0) is 0 Å². The van der Waals surface area contributed by atoms with Gasteiger partial charge < -0.3 is 10.2 Å². The molecule has 1 aromatic rings. The predicted octanol–water partition coefficient (Wildman–Crippen LogP) is 1.57. The smallest absolute Gasteiger partial charge is 0.318 e. The Kier molecular flexibility index (Phi) is 3.29. The average molecular weight is 232 g/mol. The first-order valence-corrected chi connectivity index (χ1v) is 5.42. The van der Waals surface area contributed by atoms with Gasteiger partial charge in [-0.15, -0.1) is 6.42 Å². The van der Waals surface area contributed by atoms with Crippen molar-refractivity contribution in [3.8, 4) is 12.3 Å². The SMILES string of the molecule is C#CCNC(=O)N1CC(c2cccc(F)c2)C1. The molecule has 1 heterocycles. The summed E-state index contributed by atoms with van der Waals surface area (Å²) in [6.07, 6.45) is 5.05. The number of hydrogen-bond donors (Lipinski definition) is 1. The van der Waals surface area contributed by atoms with Gasteiger partial charge in [0.25, 0.3) is 0 Å². The van der Waals surface area contributed by atoms with Crippen LogP contribution in [0.2, 0.25) is 0 Å². The number of nitrogens with one attached hydrogen (secondary N) is 1. The minimum atomic E-state index is -0.238. The zero-order valence-corrected chi connectivity index (χ0v) is 9.32. The van der Waals surface area contributed by atoms with Gasteiger partial charge in [0.05, 0.1) is 6.54 Å². The number of halogens is 1. The molecule has 17 heavy (non-hydrogen) atoms. The Balaban J connectivity index is 1.87. The molecule has 1 N–H and O–H groups in total. The van der Waals surface area contributed by atoms with Gasteiger partial charge in [0, 0.05) is 19.0 Å². The topological polar surface area (TPSA) is 32.3 Å². The van der Waals surface area contributed by atoms with Gasteiger partial charge in [0.1, 0.15) is 5.82 Å². The Hall–Kier alpha value is -2.02. The largest absolute Gasteiger partial charge is 0.327 e. The molecule has 1 fully saturated rings. The third-order valence-corrected chi connectivity index (χ3v) is 2.83. The normalized spacial score (nSPS) is 14.9. The quantitative estimate of drug-likeness (QED) is 0.771. The number of rotatable bonds is 2. The zero-order valence-electron chi connectivity index (χ0n) is 9.32. The molecule has 0 aromatic heterocycles. The lowest BCUT2D eigenvalue weighted by Crippen LogP contribution is -2.52. The summed E-state index contributed by atoms with van der Waals surface area (Å²) in [5.41, 5.74) is 0.936. The van der Waals surface area contributed by atoms with Gasteiger partial charge in [0.15, 0.2) is 0 Å². The first-order valence-electron chi connectivity index (χ1n) is 5.42. The molecular weight excluding hydrogens is 219 g/mol. The molecule has 1 aromatic carbocycles. The fourth-order valence-corrected chi connectivity index (χ4v) is 1.85. The molecule has 88 valence electrons. The van der Waals surface area contributed by atoms with Crippen molar-refractivity contribution in [2.24, 2.45) is 0 Å². The average Bonchev–Trinajstić information content (AvgIpc) is 2.24. The minimum absolute atomic E-state index is 0.157. The molecule has 0 saturated carbocycles. The van der Waals surface area contributed by atoms with E-state index in [1.54, 1.807) is 11.0 Å². The Labute approximate surface area is 99.6 Å². The summed E-state index contributed by atoms with van der Waals surface area (Å²) in [7, 11) is 0. The molecule has 4 heteroatoms. The second-order valence-corrected chi connectivity index (χ2v) is 4.02. The Bertz CT molecular complexity index is 461.